The van der Waals surface area contributed by atoms with Crippen molar-refractivity contribution in [3.05, 3.63) is 64.2 Å². The second kappa shape index (κ2) is 4.45. The number of nitro groups is 1. The van der Waals surface area contributed by atoms with Gasteiger partial charge in [-0.2, -0.15) is 5.26 Å². The normalized spacial score (nSPS) is 9.59. The Labute approximate surface area is 97.9 Å². The lowest BCUT2D eigenvalue weighted by atomic mass is 10.0. The van der Waals surface area contributed by atoms with Crippen LogP contribution in [0, 0.1) is 21.4 Å². The summed E-state index contributed by atoms with van der Waals surface area (Å²) in [5.41, 5.74) is 1.89. The number of para-hydroxylation sites is 1. The fourth-order valence-electron chi connectivity index (χ4n) is 1.60. The first-order valence-corrected chi connectivity index (χ1v) is 4.96. The molecule has 0 N–H and O–H groups in total. The molecule has 82 valence electrons. The Bertz CT molecular complexity index is 598. The molecule has 0 aromatic heterocycles. The number of rotatable bonds is 2. The monoisotopic (exact) mass is 224 g/mol. The maximum atomic E-state index is 10.9. The van der Waals surface area contributed by atoms with Gasteiger partial charge in [-0.1, -0.05) is 24.3 Å². The van der Waals surface area contributed by atoms with Crippen LogP contribution in [0.5, 0.6) is 0 Å². The van der Waals surface area contributed by atoms with Crippen LogP contribution in [0.4, 0.5) is 5.69 Å². The van der Waals surface area contributed by atoms with Gasteiger partial charge in [0.25, 0.3) is 5.69 Å². The first kappa shape index (κ1) is 10.8. The maximum Gasteiger partial charge on any atom is 0.277 e. The molecule has 0 aliphatic heterocycles. The number of hydrogen-bond donors (Lipinski definition) is 0. The Morgan fingerprint density at radius 2 is 1.71 bits per heavy atom. The highest BCUT2D eigenvalue weighted by Gasteiger charge is 2.13. The third-order valence-corrected chi connectivity index (χ3v) is 2.43. The van der Waals surface area contributed by atoms with Crippen molar-refractivity contribution >= 4 is 5.69 Å². The van der Waals surface area contributed by atoms with Gasteiger partial charge in [0, 0.05) is 6.07 Å². The smallest absolute Gasteiger partial charge is 0.258 e. The molecule has 0 fully saturated rings. The second-order valence-corrected chi connectivity index (χ2v) is 3.46. The first-order valence-electron chi connectivity index (χ1n) is 4.96. The molecule has 4 nitrogen and oxygen atoms in total. The van der Waals surface area contributed by atoms with Gasteiger partial charge < -0.3 is 0 Å². The summed E-state index contributed by atoms with van der Waals surface area (Å²) in [5, 5.41) is 19.6. The molecular formula is C13H8N2O2. The van der Waals surface area contributed by atoms with Crippen molar-refractivity contribution in [2.45, 2.75) is 0 Å². The van der Waals surface area contributed by atoms with Crippen molar-refractivity contribution in [2.24, 2.45) is 0 Å². The standard InChI is InChI=1S/C13H8N2O2/c14-9-10-5-7-11(8-6-10)12-3-1-2-4-13(12)15(16)17/h1-8H. The molecule has 0 unspecified atom stereocenters. The Kier molecular flexibility index (Phi) is 2.84. The van der Waals surface area contributed by atoms with E-state index in [-0.39, 0.29) is 5.69 Å². The summed E-state index contributed by atoms with van der Waals surface area (Å²) < 4.78 is 0. The molecule has 0 radical (unpaired) electrons. The van der Waals surface area contributed by atoms with Crippen molar-refractivity contribution in [2.75, 3.05) is 0 Å². The molecule has 2 aromatic carbocycles. The third-order valence-electron chi connectivity index (χ3n) is 2.43. The molecule has 0 aliphatic rings. The lowest BCUT2D eigenvalue weighted by Crippen LogP contribution is -1.91. The predicted octanol–water partition coefficient (Wildman–Crippen LogP) is 3.13. The van der Waals surface area contributed by atoms with E-state index in [9.17, 15) is 10.1 Å². The molecule has 0 aliphatic carbocycles. The van der Waals surface area contributed by atoms with Crippen molar-refractivity contribution in [1.29, 1.82) is 5.26 Å². The molecule has 0 bridgehead atoms. The Morgan fingerprint density at radius 3 is 2.29 bits per heavy atom. The fraction of sp³-hybridized carbons (Fsp3) is 0. The molecule has 17 heavy (non-hydrogen) atoms. The molecule has 4 heteroatoms. The van der Waals surface area contributed by atoms with Crippen molar-refractivity contribution in [1.82, 2.24) is 0 Å². The topological polar surface area (TPSA) is 66.9 Å². The molecule has 0 heterocycles. The van der Waals surface area contributed by atoms with Crippen LogP contribution in [0.3, 0.4) is 0 Å². The number of nitro benzene ring substituents is 1. The summed E-state index contributed by atoms with van der Waals surface area (Å²) in [7, 11) is 0. The highest BCUT2D eigenvalue weighted by Crippen LogP contribution is 2.29. The molecular weight excluding hydrogens is 216 g/mol. The van der Waals surface area contributed by atoms with Gasteiger partial charge in [-0.25, -0.2) is 0 Å². The number of hydrogen-bond acceptors (Lipinski definition) is 3. The lowest BCUT2D eigenvalue weighted by Gasteiger charge is -2.02. The van der Waals surface area contributed by atoms with Crippen LogP contribution in [0.15, 0.2) is 48.5 Å². The van der Waals surface area contributed by atoms with E-state index in [1.807, 2.05) is 6.07 Å². The van der Waals surface area contributed by atoms with Gasteiger partial charge in [-0.05, 0) is 23.8 Å². The summed E-state index contributed by atoms with van der Waals surface area (Å²) in [6.45, 7) is 0. The third kappa shape index (κ3) is 2.13. The summed E-state index contributed by atoms with van der Waals surface area (Å²) in [6, 6.07) is 15.3. The van der Waals surface area contributed by atoms with E-state index >= 15 is 0 Å². The zero-order valence-corrected chi connectivity index (χ0v) is 8.83. The Morgan fingerprint density at radius 1 is 1.06 bits per heavy atom. The average Bonchev–Trinajstić information content (AvgIpc) is 2.39. The van der Waals surface area contributed by atoms with Crippen LogP contribution in [0.2, 0.25) is 0 Å². The minimum atomic E-state index is -0.409. The molecule has 2 aromatic rings. The summed E-state index contributed by atoms with van der Waals surface area (Å²) >= 11 is 0. The van der Waals surface area contributed by atoms with Gasteiger partial charge in [0.05, 0.1) is 22.1 Å². The van der Waals surface area contributed by atoms with Crippen molar-refractivity contribution < 1.29 is 4.92 Å². The fourth-order valence-corrected chi connectivity index (χ4v) is 1.60. The first-order chi connectivity index (χ1) is 8.22. The molecule has 2 rings (SSSR count). The van der Waals surface area contributed by atoms with E-state index < -0.39 is 4.92 Å². The second-order valence-electron chi connectivity index (χ2n) is 3.46. The van der Waals surface area contributed by atoms with Crippen molar-refractivity contribution in [3.8, 4) is 17.2 Å². The highest BCUT2D eigenvalue weighted by molar-refractivity contribution is 5.73. The predicted molar refractivity (Wildman–Crippen MR) is 63.2 cm³/mol. The summed E-state index contributed by atoms with van der Waals surface area (Å²) in [4.78, 5) is 10.5. The van der Waals surface area contributed by atoms with Gasteiger partial charge in [-0.3, -0.25) is 10.1 Å². The van der Waals surface area contributed by atoms with E-state index in [0.717, 1.165) is 5.56 Å². The zero-order valence-electron chi connectivity index (χ0n) is 8.83. The highest BCUT2D eigenvalue weighted by atomic mass is 16.6. The largest absolute Gasteiger partial charge is 0.277 e. The molecule has 0 amide bonds. The van der Waals surface area contributed by atoms with E-state index in [0.29, 0.717) is 11.1 Å². The average molecular weight is 224 g/mol. The SMILES string of the molecule is N#Cc1ccc(-c2ccccc2[N+](=O)[O-])cc1. The van der Waals surface area contributed by atoms with Gasteiger partial charge in [0.2, 0.25) is 0 Å². The molecule has 0 spiro atoms. The number of benzene rings is 2. The molecule has 0 atom stereocenters. The minimum Gasteiger partial charge on any atom is -0.258 e. The van der Waals surface area contributed by atoms with Crippen LogP contribution in [-0.2, 0) is 0 Å². The zero-order chi connectivity index (χ0) is 12.3. The van der Waals surface area contributed by atoms with Crippen LogP contribution in [0.1, 0.15) is 5.56 Å². The van der Waals surface area contributed by atoms with E-state index in [1.54, 1.807) is 42.5 Å². The molecule has 0 saturated carbocycles. The van der Waals surface area contributed by atoms with E-state index in [2.05, 4.69) is 0 Å². The number of nitrogens with zero attached hydrogens (tertiary/aromatic N) is 2. The Balaban J connectivity index is 2.53. The van der Waals surface area contributed by atoms with Crippen LogP contribution < -0.4 is 0 Å². The van der Waals surface area contributed by atoms with Crippen LogP contribution >= 0.6 is 0 Å². The minimum absolute atomic E-state index is 0.0669. The molecule has 0 saturated heterocycles. The van der Waals surface area contributed by atoms with Gasteiger partial charge in [0.1, 0.15) is 0 Å². The van der Waals surface area contributed by atoms with Gasteiger partial charge in [-0.15, -0.1) is 0 Å². The Hall–Kier alpha value is -2.67. The van der Waals surface area contributed by atoms with E-state index in [4.69, 9.17) is 5.26 Å². The van der Waals surface area contributed by atoms with Gasteiger partial charge >= 0.3 is 0 Å². The van der Waals surface area contributed by atoms with Crippen molar-refractivity contribution in [3.63, 3.8) is 0 Å². The maximum absolute atomic E-state index is 10.9. The summed E-state index contributed by atoms with van der Waals surface area (Å²) in [5.74, 6) is 0. The van der Waals surface area contributed by atoms with E-state index in [1.165, 1.54) is 6.07 Å². The quantitative estimate of drug-likeness (QED) is 0.581. The number of nitriles is 1. The van der Waals surface area contributed by atoms with Crippen LogP contribution in [0.25, 0.3) is 11.1 Å². The lowest BCUT2D eigenvalue weighted by molar-refractivity contribution is -0.384. The van der Waals surface area contributed by atoms with Crippen LogP contribution in [-0.4, -0.2) is 4.92 Å². The van der Waals surface area contributed by atoms with Gasteiger partial charge in [0.15, 0.2) is 0 Å². The summed E-state index contributed by atoms with van der Waals surface area (Å²) in [6.07, 6.45) is 0.